The first kappa shape index (κ1) is 32.0. The van der Waals surface area contributed by atoms with E-state index in [1.54, 1.807) is 17.4 Å². The summed E-state index contributed by atoms with van der Waals surface area (Å²) in [4.78, 5) is 28.2. The molecule has 42 heavy (non-hydrogen) atoms. The van der Waals surface area contributed by atoms with Crippen LogP contribution in [0.4, 0.5) is 0 Å². The number of carbonyl (C=O) groups excluding carboxylic acids is 2. The van der Waals surface area contributed by atoms with Crippen LogP contribution in [0, 0.1) is 56.7 Å². The number of ether oxygens (including phenoxy) is 1. The predicted octanol–water partition coefficient (Wildman–Crippen LogP) is 6.39. The molecule has 0 radical (unpaired) electrons. The number of rotatable bonds is 6. The highest BCUT2D eigenvalue weighted by Gasteiger charge is 2.69. The number of allylic oxidation sites excluding steroid dienone is 2. The van der Waals surface area contributed by atoms with Gasteiger partial charge in [0.15, 0.2) is 0 Å². The second-order valence-electron chi connectivity index (χ2n) is 16.5. The molecule has 5 aliphatic carbocycles. The van der Waals surface area contributed by atoms with Gasteiger partial charge in [-0.25, -0.2) is 0 Å². The van der Waals surface area contributed by atoms with Crippen LogP contribution in [0.25, 0.3) is 0 Å². The molecule has 4 saturated carbocycles. The third kappa shape index (κ3) is 4.38. The topological polar surface area (TPSA) is 87.1 Å². The highest BCUT2D eigenvalue weighted by Crippen LogP contribution is 2.76. The smallest absolute Gasteiger partial charge is 0.302 e. The largest absolute Gasteiger partial charge is 0.462 e. The van der Waals surface area contributed by atoms with E-state index in [9.17, 15) is 19.8 Å². The Morgan fingerprint density at radius 2 is 1.57 bits per heavy atom. The zero-order valence-electron chi connectivity index (χ0n) is 27.8. The molecule has 0 aromatic heterocycles. The molecular weight excluding hydrogens is 526 g/mol. The Balaban J connectivity index is 1.55. The SMILES string of the molecule is CC(=O)O[C@H]1CC[C@@]2(C)C(CC[C@]3(C)C2CC=C2C4[C@@H](C)[C@H](C)CC[C@]4(C(=O)N(CCO)CCO)CC[C@]23C)C1(C)C. The van der Waals surface area contributed by atoms with E-state index in [1.807, 2.05) is 0 Å². The minimum atomic E-state index is -0.448. The van der Waals surface area contributed by atoms with Crippen LogP contribution in [0.1, 0.15) is 113 Å². The summed E-state index contributed by atoms with van der Waals surface area (Å²) in [6.07, 6.45) is 11.8. The summed E-state index contributed by atoms with van der Waals surface area (Å²) in [5, 5.41) is 19.6. The minimum absolute atomic E-state index is 0.0191. The van der Waals surface area contributed by atoms with Crippen LogP contribution in [0.2, 0.25) is 0 Å². The van der Waals surface area contributed by atoms with Crippen molar-refractivity contribution in [1.82, 2.24) is 4.90 Å². The lowest BCUT2D eigenvalue weighted by Crippen LogP contribution is -2.66. The normalized spacial score (nSPS) is 45.8. The second kappa shape index (κ2) is 10.9. The maximum Gasteiger partial charge on any atom is 0.302 e. The van der Waals surface area contributed by atoms with Crippen molar-refractivity contribution in [2.24, 2.45) is 56.7 Å². The number of fused-ring (bicyclic) bond motifs is 7. The number of hydrogen-bond donors (Lipinski definition) is 2. The highest BCUT2D eigenvalue weighted by atomic mass is 16.5. The second-order valence-corrected chi connectivity index (χ2v) is 16.5. The van der Waals surface area contributed by atoms with Gasteiger partial charge in [0.05, 0.1) is 18.6 Å². The van der Waals surface area contributed by atoms with Gasteiger partial charge in [0.2, 0.25) is 5.91 Å². The first-order valence-corrected chi connectivity index (χ1v) is 17.0. The van der Waals surface area contributed by atoms with Gasteiger partial charge >= 0.3 is 5.97 Å². The lowest BCUT2D eigenvalue weighted by atomic mass is 9.33. The van der Waals surface area contributed by atoms with Gasteiger partial charge in [-0.3, -0.25) is 9.59 Å². The molecule has 10 atom stereocenters. The molecule has 2 N–H and O–H groups in total. The molecule has 0 aromatic rings. The summed E-state index contributed by atoms with van der Waals surface area (Å²) < 4.78 is 5.92. The Kier molecular flexibility index (Phi) is 8.30. The molecule has 5 aliphatic rings. The molecule has 0 bridgehead atoms. The standard InChI is InChI=1S/C36H59NO5/c1-23-11-16-36(31(41)37(19-21-38)20-22-39)18-17-34(7)26(30(36)24(23)2)9-10-28-33(6)14-13-29(42-25(3)40)32(4,5)27(33)12-15-35(28,34)8/h9,23-24,27-30,38-39H,10-22H2,1-8H3/t23-,24+,27?,28?,29+,30?,33+,34-,35-,36+/m1/s1. The highest BCUT2D eigenvalue weighted by molar-refractivity contribution is 5.84. The van der Waals surface area contributed by atoms with E-state index >= 15 is 0 Å². The molecule has 6 nitrogen and oxygen atoms in total. The maximum atomic E-state index is 14.5. The first-order valence-electron chi connectivity index (χ1n) is 17.0. The molecule has 0 aromatic carbocycles. The third-order valence-electron chi connectivity index (χ3n) is 14.7. The molecule has 0 aliphatic heterocycles. The lowest BCUT2D eigenvalue weighted by molar-refractivity contribution is -0.213. The molecule has 0 heterocycles. The van der Waals surface area contributed by atoms with Crippen LogP contribution >= 0.6 is 0 Å². The predicted molar refractivity (Wildman–Crippen MR) is 165 cm³/mol. The van der Waals surface area contributed by atoms with E-state index in [4.69, 9.17) is 4.74 Å². The lowest BCUT2D eigenvalue weighted by Gasteiger charge is -2.71. The Labute approximate surface area is 255 Å². The van der Waals surface area contributed by atoms with Crippen LogP contribution in [0.3, 0.4) is 0 Å². The summed E-state index contributed by atoms with van der Waals surface area (Å²) in [6.45, 7) is 19.1. The number of aliphatic hydroxyl groups is 2. The van der Waals surface area contributed by atoms with Gasteiger partial charge in [-0.15, -0.1) is 0 Å². The van der Waals surface area contributed by atoms with Crippen LogP contribution in [-0.4, -0.2) is 59.4 Å². The first-order chi connectivity index (χ1) is 19.6. The summed E-state index contributed by atoms with van der Waals surface area (Å²) in [5.41, 5.74) is 1.37. The number of carbonyl (C=O) groups is 2. The summed E-state index contributed by atoms with van der Waals surface area (Å²) in [5.74, 6) is 2.21. The van der Waals surface area contributed by atoms with Crippen molar-refractivity contribution in [3.8, 4) is 0 Å². The zero-order valence-corrected chi connectivity index (χ0v) is 27.8. The Hall–Kier alpha value is -1.40. The van der Waals surface area contributed by atoms with Crippen LogP contribution < -0.4 is 0 Å². The van der Waals surface area contributed by atoms with E-state index < -0.39 is 5.41 Å². The third-order valence-corrected chi connectivity index (χ3v) is 14.7. The van der Waals surface area contributed by atoms with E-state index in [1.165, 1.54) is 6.42 Å². The number of aliphatic hydroxyl groups excluding tert-OH is 2. The average molecular weight is 586 g/mol. The average Bonchev–Trinajstić information content (AvgIpc) is 2.92. The number of amides is 1. The van der Waals surface area contributed by atoms with Crippen molar-refractivity contribution in [2.45, 2.75) is 119 Å². The Morgan fingerprint density at radius 3 is 2.19 bits per heavy atom. The van der Waals surface area contributed by atoms with Crippen LogP contribution in [0.5, 0.6) is 0 Å². The molecular formula is C36H59NO5. The van der Waals surface area contributed by atoms with Crippen LogP contribution in [0.15, 0.2) is 11.6 Å². The quantitative estimate of drug-likeness (QED) is 0.279. The number of hydrogen-bond acceptors (Lipinski definition) is 5. The molecule has 6 heteroatoms. The van der Waals surface area contributed by atoms with Gasteiger partial charge in [-0.1, -0.05) is 60.1 Å². The molecule has 0 saturated heterocycles. The van der Waals surface area contributed by atoms with Crippen molar-refractivity contribution in [3.05, 3.63) is 11.6 Å². The summed E-state index contributed by atoms with van der Waals surface area (Å²) in [7, 11) is 0. The monoisotopic (exact) mass is 585 g/mol. The van der Waals surface area contributed by atoms with Gasteiger partial charge in [-0.05, 0) is 104 Å². The fourth-order valence-corrected chi connectivity index (χ4v) is 12.1. The number of nitrogens with zero attached hydrogens (tertiary/aromatic N) is 1. The van der Waals surface area contributed by atoms with Gasteiger partial charge in [0.1, 0.15) is 6.10 Å². The van der Waals surface area contributed by atoms with Crippen molar-refractivity contribution in [3.63, 3.8) is 0 Å². The van der Waals surface area contributed by atoms with Crippen LogP contribution in [-0.2, 0) is 14.3 Å². The minimum Gasteiger partial charge on any atom is -0.462 e. The fourth-order valence-electron chi connectivity index (χ4n) is 12.1. The van der Waals surface area contributed by atoms with E-state index in [0.29, 0.717) is 23.7 Å². The van der Waals surface area contributed by atoms with Gasteiger partial charge < -0.3 is 19.8 Å². The molecule has 0 spiro atoms. The molecule has 4 fully saturated rings. The van der Waals surface area contributed by atoms with Gasteiger partial charge in [-0.2, -0.15) is 0 Å². The van der Waals surface area contributed by atoms with E-state index in [-0.39, 0.29) is 71.9 Å². The maximum absolute atomic E-state index is 14.5. The summed E-state index contributed by atoms with van der Waals surface area (Å²) >= 11 is 0. The Morgan fingerprint density at radius 1 is 0.905 bits per heavy atom. The Bertz CT molecular complexity index is 1090. The molecule has 3 unspecified atom stereocenters. The van der Waals surface area contributed by atoms with Crippen molar-refractivity contribution >= 4 is 11.9 Å². The van der Waals surface area contributed by atoms with Crippen molar-refractivity contribution in [2.75, 3.05) is 26.3 Å². The molecule has 5 rings (SSSR count). The van der Waals surface area contributed by atoms with Gasteiger partial charge in [0, 0.05) is 25.4 Å². The fraction of sp³-hybridized carbons (Fsp3) is 0.889. The molecule has 1 amide bonds. The van der Waals surface area contributed by atoms with Crippen molar-refractivity contribution < 1.29 is 24.5 Å². The summed E-state index contributed by atoms with van der Waals surface area (Å²) in [6, 6.07) is 0. The van der Waals surface area contributed by atoms with Crippen molar-refractivity contribution in [1.29, 1.82) is 0 Å². The molecule has 238 valence electrons. The van der Waals surface area contributed by atoms with E-state index in [2.05, 4.69) is 54.5 Å². The number of esters is 1. The van der Waals surface area contributed by atoms with E-state index in [0.717, 1.165) is 51.4 Å². The zero-order chi connectivity index (χ0) is 30.9. The van der Waals surface area contributed by atoms with Gasteiger partial charge in [0.25, 0.3) is 0 Å².